The van der Waals surface area contributed by atoms with Crippen molar-refractivity contribution in [1.82, 2.24) is 5.32 Å². The van der Waals surface area contributed by atoms with E-state index < -0.39 is 124 Å². The Bertz CT molecular complexity index is 1770. The molecule has 1 amide bonds. The molecule has 17 atom stereocenters. The molecule has 0 bridgehead atoms. The van der Waals surface area contributed by atoms with E-state index in [0.29, 0.717) is 12.8 Å². The molecule has 0 spiro atoms. The maximum Gasteiger partial charge on any atom is 0.220 e. The molecule has 84 heavy (non-hydrogen) atoms. The molecule has 0 aliphatic carbocycles. The Kier molecular flexibility index (Phi) is 42.8. The van der Waals surface area contributed by atoms with Gasteiger partial charge >= 0.3 is 0 Å². The normalized spacial score (nSPS) is 29.6. The molecule has 3 rings (SSSR count). The summed E-state index contributed by atoms with van der Waals surface area (Å²) in [5.41, 5.74) is 0. The predicted molar refractivity (Wildman–Crippen MR) is 323 cm³/mol. The molecule has 488 valence electrons. The molecule has 19 heteroatoms. The third-order valence-electron chi connectivity index (χ3n) is 16.0. The lowest BCUT2D eigenvalue weighted by molar-refractivity contribution is -0.379. The van der Waals surface area contributed by atoms with Gasteiger partial charge in [0.2, 0.25) is 5.91 Å². The SMILES string of the molecule is CCCCCC/C=C/CC/C=C/C(O)C(COC1OC(CO)C(OC2OC(CO)C(OC3OC(CO)C(O)C(O)C3O)C(O)C2O)C(O)C1O)NC(=O)CCCCCCCCCCCCCCCC/C=C\C/C=C\C/C=C\CCCCCCC. The zero-order chi connectivity index (χ0) is 61.2. The molecule has 0 radical (unpaired) electrons. The van der Waals surface area contributed by atoms with E-state index in [0.717, 1.165) is 51.4 Å². The number of aliphatic hydroxyl groups excluding tert-OH is 11. The van der Waals surface area contributed by atoms with E-state index in [2.05, 4.69) is 67.8 Å². The summed E-state index contributed by atoms with van der Waals surface area (Å²) in [6, 6.07) is -0.990. The van der Waals surface area contributed by atoms with Crippen molar-refractivity contribution in [2.24, 2.45) is 0 Å². The zero-order valence-electron chi connectivity index (χ0n) is 51.1. The van der Waals surface area contributed by atoms with Gasteiger partial charge in [-0.15, -0.1) is 0 Å². The fourth-order valence-corrected chi connectivity index (χ4v) is 10.7. The van der Waals surface area contributed by atoms with E-state index >= 15 is 0 Å². The Labute approximate surface area is 503 Å². The number of unbranched alkanes of at least 4 members (excludes halogenated alkanes) is 24. The first-order valence-corrected chi connectivity index (χ1v) is 32.5. The number of rotatable bonds is 48. The highest BCUT2D eigenvalue weighted by molar-refractivity contribution is 5.76. The number of carbonyl (C=O) groups excluding carboxylic acids is 1. The Morgan fingerprint density at radius 1 is 0.429 bits per heavy atom. The fraction of sp³-hybridized carbons (Fsp3) is 0.831. The summed E-state index contributed by atoms with van der Waals surface area (Å²) in [6.45, 7) is 1.64. The molecule has 3 fully saturated rings. The Hall–Kier alpha value is -2.51. The average Bonchev–Trinajstić information content (AvgIpc) is 2.86. The Morgan fingerprint density at radius 2 is 0.798 bits per heavy atom. The van der Waals surface area contributed by atoms with Gasteiger partial charge < -0.3 is 89.9 Å². The number of nitrogens with one attached hydrogen (secondary N) is 1. The standard InChI is InChI=1S/C65H115NO18/c1-3-5-7-9-11-13-15-16-17-18-19-20-21-22-23-24-25-26-27-28-29-30-31-32-33-35-37-39-41-43-53(71)66-48(49(70)42-40-38-36-34-14-12-10-8-6-4-2)47-79-63-59(77)56(74)61(51(45-68)81-63)84-65-60(78)57(75)62(52(46-69)82-65)83-64-58(76)55(73)54(72)50(44-67)80-64/h14-16,18-19,21-22,34,40,42,48-52,54-65,67-70,72-78H,3-13,17,20,23-33,35-39,41,43-47H2,1-2H3,(H,66,71)/b16-15-,19-18-,22-21-,34-14+,42-40+. The summed E-state index contributed by atoms with van der Waals surface area (Å²) in [7, 11) is 0. The highest BCUT2D eigenvalue weighted by Gasteiger charge is 2.53. The van der Waals surface area contributed by atoms with Crippen LogP contribution >= 0.6 is 0 Å². The number of ether oxygens (including phenoxy) is 6. The minimum absolute atomic E-state index is 0.232. The van der Waals surface area contributed by atoms with Crippen molar-refractivity contribution >= 4 is 5.91 Å². The Balaban J connectivity index is 1.39. The second-order valence-corrected chi connectivity index (χ2v) is 23.2. The molecule has 3 aliphatic rings. The summed E-state index contributed by atoms with van der Waals surface area (Å²) in [4.78, 5) is 13.3. The van der Waals surface area contributed by atoms with Gasteiger partial charge in [0, 0.05) is 6.42 Å². The van der Waals surface area contributed by atoms with Gasteiger partial charge in [-0.3, -0.25) is 4.79 Å². The van der Waals surface area contributed by atoms with Crippen LogP contribution in [0, 0.1) is 0 Å². The topological polar surface area (TPSA) is 307 Å². The summed E-state index contributed by atoms with van der Waals surface area (Å²) < 4.78 is 34.2. The van der Waals surface area contributed by atoms with Gasteiger partial charge in [-0.1, -0.05) is 197 Å². The van der Waals surface area contributed by atoms with Crippen molar-refractivity contribution in [2.45, 2.75) is 317 Å². The number of allylic oxidation sites excluding steroid dienone is 9. The Morgan fingerprint density at radius 3 is 1.29 bits per heavy atom. The minimum atomic E-state index is -1.98. The van der Waals surface area contributed by atoms with Crippen molar-refractivity contribution < 1.29 is 89.4 Å². The van der Waals surface area contributed by atoms with E-state index in [4.69, 9.17) is 28.4 Å². The number of hydrogen-bond donors (Lipinski definition) is 12. The predicted octanol–water partition coefficient (Wildman–Crippen LogP) is 7.21. The molecule has 3 heterocycles. The van der Waals surface area contributed by atoms with E-state index in [1.165, 1.54) is 128 Å². The van der Waals surface area contributed by atoms with Crippen LogP contribution in [-0.2, 0) is 33.2 Å². The smallest absolute Gasteiger partial charge is 0.220 e. The molecule has 0 aromatic carbocycles. The van der Waals surface area contributed by atoms with Crippen LogP contribution in [-0.4, -0.2) is 193 Å². The first-order chi connectivity index (χ1) is 40.8. The molecule has 17 unspecified atom stereocenters. The molecule has 3 aliphatic heterocycles. The van der Waals surface area contributed by atoms with Gasteiger partial charge in [-0.2, -0.15) is 0 Å². The quantitative estimate of drug-likeness (QED) is 0.0211. The zero-order valence-corrected chi connectivity index (χ0v) is 51.1. The van der Waals surface area contributed by atoms with Crippen molar-refractivity contribution in [3.63, 3.8) is 0 Å². The molecule has 3 saturated heterocycles. The number of amides is 1. The minimum Gasteiger partial charge on any atom is -0.394 e. The van der Waals surface area contributed by atoms with Gasteiger partial charge in [-0.05, 0) is 70.6 Å². The summed E-state index contributed by atoms with van der Waals surface area (Å²) in [5, 5.41) is 120. The maximum absolute atomic E-state index is 13.3. The molecular formula is C65H115NO18. The van der Waals surface area contributed by atoms with Crippen LogP contribution in [0.4, 0.5) is 0 Å². The van der Waals surface area contributed by atoms with Gasteiger partial charge in [-0.25, -0.2) is 0 Å². The van der Waals surface area contributed by atoms with Crippen LogP contribution in [0.25, 0.3) is 0 Å². The van der Waals surface area contributed by atoms with Crippen LogP contribution < -0.4 is 5.32 Å². The maximum atomic E-state index is 13.3. The van der Waals surface area contributed by atoms with Crippen LogP contribution in [0.1, 0.15) is 213 Å². The summed E-state index contributed by atoms with van der Waals surface area (Å²) in [6.07, 6.45) is 29.5. The van der Waals surface area contributed by atoms with Crippen LogP contribution in [0.15, 0.2) is 60.8 Å². The number of aliphatic hydroxyl groups is 11. The monoisotopic (exact) mass is 1200 g/mol. The average molecular weight is 1200 g/mol. The lowest BCUT2D eigenvalue weighted by Crippen LogP contribution is -2.66. The number of hydrogen-bond acceptors (Lipinski definition) is 18. The lowest BCUT2D eigenvalue weighted by Gasteiger charge is -2.48. The van der Waals surface area contributed by atoms with Crippen LogP contribution in [0.3, 0.4) is 0 Å². The van der Waals surface area contributed by atoms with E-state index in [1.807, 2.05) is 6.08 Å². The van der Waals surface area contributed by atoms with E-state index in [9.17, 15) is 61.0 Å². The van der Waals surface area contributed by atoms with Crippen molar-refractivity contribution in [1.29, 1.82) is 0 Å². The number of carbonyl (C=O) groups is 1. The molecule has 19 nitrogen and oxygen atoms in total. The highest BCUT2D eigenvalue weighted by Crippen LogP contribution is 2.33. The van der Waals surface area contributed by atoms with Gasteiger partial charge in [0.25, 0.3) is 0 Å². The summed E-state index contributed by atoms with van der Waals surface area (Å²) >= 11 is 0. The van der Waals surface area contributed by atoms with Gasteiger partial charge in [0.15, 0.2) is 18.9 Å². The van der Waals surface area contributed by atoms with Crippen molar-refractivity contribution in [2.75, 3.05) is 26.4 Å². The highest BCUT2D eigenvalue weighted by atomic mass is 16.8. The van der Waals surface area contributed by atoms with E-state index in [1.54, 1.807) is 6.08 Å². The molecule has 0 saturated carbocycles. The molecule has 0 aromatic rings. The second-order valence-electron chi connectivity index (χ2n) is 23.2. The fourth-order valence-electron chi connectivity index (χ4n) is 10.7. The summed E-state index contributed by atoms with van der Waals surface area (Å²) in [5.74, 6) is -0.290. The van der Waals surface area contributed by atoms with Crippen LogP contribution in [0.2, 0.25) is 0 Å². The molecule has 12 N–H and O–H groups in total. The molecular weight excluding hydrogens is 1080 g/mol. The lowest BCUT2D eigenvalue weighted by atomic mass is 9.96. The van der Waals surface area contributed by atoms with Gasteiger partial charge in [0.1, 0.15) is 73.2 Å². The van der Waals surface area contributed by atoms with Crippen molar-refractivity contribution in [3.8, 4) is 0 Å². The first kappa shape index (κ1) is 75.7. The van der Waals surface area contributed by atoms with E-state index in [-0.39, 0.29) is 18.9 Å². The largest absolute Gasteiger partial charge is 0.394 e. The van der Waals surface area contributed by atoms with Crippen LogP contribution in [0.5, 0.6) is 0 Å². The second kappa shape index (κ2) is 47.5. The first-order valence-electron chi connectivity index (χ1n) is 32.5. The van der Waals surface area contributed by atoms with Crippen molar-refractivity contribution in [3.05, 3.63) is 60.8 Å². The van der Waals surface area contributed by atoms with Gasteiger partial charge in [0.05, 0.1) is 38.6 Å². The third-order valence-corrected chi connectivity index (χ3v) is 16.0. The molecule has 0 aromatic heterocycles. The third kappa shape index (κ3) is 30.1.